The van der Waals surface area contributed by atoms with Gasteiger partial charge in [0.25, 0.3) is 0 Å². The van der Waals surface area contributed by atoms with Gasteiger partial charge in [-0.25, -0.2) is 0 Å². The van der Waals surface area contributed by atoms with Crippen LogP contribution in [-0.4, -0.2) is 18.0 Å². The van der Waals surface area contributed by atoms with Gasteiger partial charge in [-0.2, -0.15) is 0 Å². The lowest BCUT2D eigenvalue weighted by molar-refractivity contribution is 0.886. The molecule has 0 spiro atoms. The monoisotopic (exact) mass is 390 g/mol. The number of benzene rings is 3. The molecule has 0 bridgehead atoms. The molecule has 1 saturated carbocycles. The highest BCUT2D eigenvalue weighted by Gasteiger charge is 2.27. The van der Waals surface area contributed by atoms with Crippen molar-refractivity contribution in [2.45, 2.75) is 31.3 Å². The zero-order valence-electron chi connectivity index (χ0n) is 15.9. The van der Waals surface area contributed by atoms with Gasteiger partial charge in [0, 0.05) is 0 Å². The lowest BCUT2D eigenvalue weighted by Crippen LogP contribution is -2.19. The number of hydrogen-bond donors (Lipinski definition) is 0. The molecule has 0 aromatic heterocycles. The van der Waals surface area contributed by atoms with Crippen molar-refractivity contribution in [2.24, 2.45) is 0 Å². The van der Waals surface area contributed by atoms with Crippen LogP contribution in [0.1, 0.15) is 25.7 Å². The number of hydrogen-bond acceptors (Lipinski definition) is 0. The van der Waals surface area contributed by atoms with Crippen molar-refractivity contribution < 1.29 is 0 Å². The molecule has 3 aromatic carbocycles. The summed E-state index contributed by atoms with van der Waals surface area (Å²) in [6, 6.07) is 33.8. The summed E-state index contributed by atoms with van der Waals surface area (Å²) in [5.41, 5.74) is 0.936. The van der Waals surface area contributed by atoms with E-state index in [0.717, 1.165) is 5.66 Å². The van der Waals surface area contributed by atoms with Gasteiger partial charge in [-0.15, -0.1) is 0 Å². The highest BCUT2D eigenvalue weighted by molar-refractivity contribution is 7.74. The fourth-order valence-electron chi connectivity index (χ4n) is 4.19. The van der Waals surface area contributed by atoms with Crippen LogP contribution in [0.5, 0.6) is 0 Å². The van der Waals surface area contributed by atoms with Crippen LogP contribution < -0.4 is 15.9 Å². The topological polar surface area (TPSA) is 0 Å². The van der Waals surface area contributed by atoms with Crippen molar-refractivity contribution in [3.05, 3.63) is 91.0 Å². The molecular weight excluding hydrogens is 362 g/mol. The SMILES string of the molecule is c1ccc(P(CCP(c2ccccc2)C2CCCC2)c2ccccc2)cc1. The molecule has 0 saturated heterocycles. The fraction of sp³-hybridized carbons (Fsp3) is 0.280. The van der Waals surface area contributed by atoms with E-state index in [1.165, 1.54) is 48.6 Å². The Morgan fingerprint density at radius 1 is 0.556 bits per heavy atom. The summed E-state index contributed by atoms with van der Waals surface area (Å²) >= 11 is 0. The Bertz CT molecular complexity index is 756. The molecule has 138 valence electrons. The van der Waals surface area contributed by atoms with Gasteiger partial charge in [0.1, 0.15) is 0 Å². The second kappa shape index (κ2) is 9.64. The standard InChI is InChI=1S/C25H28P2/c1-4-12-22(13-5-1)26(23-14-6-2-7-15-23)20-21-27(25-18-10-11-19-25)24-16-8-3-9-17-24/h1-9,12-17,25H,10-11,18-21H2. The predicted molar refractivity (Wildman–Crippen MR) is 124 cm³/mol. The molecule has 2 heteroatoms. The van der Waals surface area contributed by atoms with E-state index >= 15 is 0 Å². The van der Waals surface area contributed by atoms with E-state index in [9.17, 15) is 0 Å². The third kappa shape index (κ3) is 4.87. The minimum atomic E-state index is -0.272. The molecular formula is C25H28P2. The van der Waals surface area contributed by atoms with Crippen molar-refractivity contribution in [1.29, 1.82) is 0 Å². The first-order valence-electron chi connectivity index (χ1n) is 10.1. The van der Waals surface area contributed by atoms with Crippen LogP contribution in [0.25, 0.3) is 0 Å². The highest BCUT2D eigenvalue weighted by atomic mass is 31.1. The molecule has 0 radical (unpaired) electrons. The Morgan fingerprint density at radius 3 is 1.48 bits per heavy atom. The molecule has 1 aliphatic carbocycles. The summed E-state index contributed by atoms with van der Waals surface area (Å²) in [6.45, 7) is 0. The van der Waals surface area contributed by atoms with E-state index in [0.29, 0.717) is 0 Å². The minimum absolute atomic E-state index is 0.0539. The average molecular weight is 390 g/mol. The highest BCUT2D eigenvalue weighted by Crippen LogP contribution is 2.50. The summed E-state index contributed by atoms with van der Waals surface area (Å²) in [5.74, 6) is 0. The molecule has 0 heterocycles. The Labute approximate surface area is 166 Å². The van der Waals surface area contributed by atoms with Crippen LogP contribution in [0.2, 0.25) is 0 Å². The van der Waals surface area contributed by atoms with Gasteiger partial charge >= 0.3 is 0 Å². The first-order valence-corrected chi connectivity index (χ1v) is 13.2. The van der Waals surface area contributed by atoms with Crippen molar-refractivity contribution >= 4 is 31.8 Å². The van der Waals surface area contributed by atoms with Gasteiger partial charge in [-0.05, 0) is 54.7 Å². The van der Waals surface area contributed by atoms with Crippen molar-refractivity contribution in [1.82, 2.24) is 0 Å². The van der Waals surface area contributed by atoms with E-state index in [2.05, 4.69) is 91.0 Å². The van der Waals surface area contributed by atoms with Gasteiger partial charge < -0.3 is 0 Å². The normalized spacial score (nSPS) is 15.9. The zero-order valence-corrected chi connectivity index (χ0v) is 17.7. The summed E-state index contributed by atoms with van der Waals surface area (Å²) in [4.78, 5) is 0. The summed E-state index contributed by atoms with van der Waals surface area (Å²) in [6.07, 6.45) is 8.41. The molecule has 1 atom stereocenters. The Hall–Kier alpha value is -1.48. The predicted octanol–water partition coefficient (Wildman–Crippen LogP) is 5.87. The quantitative estimate of drug-likeness (QED) is 0.443. The number of rotatable bonds is 7. The van der Waals surface area contributed by atoms with Crippen LogP contribution in [0.3, 0.4) is 0 Å². The van der Waals surface area contributed by atoms with E-state index in [1.54, 1.807) is 5.30 Å². The molecule has 27 heavy (non-hydrogen) atoms. The maximum absolute atomic E-state index is 2.39. The third-order valence-corrected chi connectivity index (χ3v) is 11.5. The molecule has 3 aromatic rings. The zero-order chi connectivity index (χ0) is 18.3. The van der Waals surface area contributed by atoms with E-state index in [1.807, 2.05) is 0 Å². The van der Waals surface area contributed by atoms with Crippen LogP contribution in [0.15, 0.2) is 91.0 Å². The van der Waals surface area contributed by atoms with Crippen molar-refractivity contribution in [3.63, 3.8) is 0 Å². The second-order valence-electron chi connectivity index (χ2n) is 7.29. The van der Waals surface area contributed by atoms with Crippen LogP contribution in [0.4, 0.5) is 0 Å². The molecule has 0 N–H and O–H groups in total. The molecule has 1 unspecified atom stereocenters. The summed E-state index contributed by atoms with van der Waals surface area (Å²) in [7, 11) is -0.326. The molecule has 0 amide bonds. The Kier molecular flexibility index (Phi) is 6.73. The maximum Gasteiger partial charge on any atom is -0.0169 e. The van der Waals surface area contributed by atoms with Gasteiger partial charge in [0.15, 0.2) is 0 Å². The lowest BCUT2D eigenvalue weighted by atomic mass is 10.4. The average Bonchev–Trinajstić information content (AvgIpc) is 3.28. The Morgan fingerprint density at radius 2 is 1.00 bits per heavy atom. The fourth-order valence-corrected chi connectivity index (χ4v) is 10.3. The summed E-state index contributed by atoms with van der Waals surface area (Å²) in [5, 5.41) is 4.66. The molecule has 0 nitrogen and oxygen atoms in total. The van der Waals surface area contributed by atoms with Gasteiger partial charge in [-0.1, -0.05) is 112 Å². The second-order valence-corrected chi connectivity index (χ2v) is 12.3. The maximum atomic E-state index is 2.39. The first kappa shape index (κ1) is 18.9. The molecule has 1 aliphatic rings. The third-order valence-electron chi connectivity index (χ3n) is 5.55. The largest absolute Gasteiger partial charge is 0.0718 e. The smallest absolute Gasteiger partial charge is 0.0169 e. The van der Waals surface area contributed by atoms with Crippen molar-refractivity contribution in [3.8, 4) is 0 Å². The molecule has 1 fully saturated rings. The van der Waals surface area contributed by atoms with Gasteiger partial charge in [-0.3, -0.25) is 0 Å². The molecule has 4 rings (SSSR count). The van der Waals surface area contributed by atoms with Crippen molar-refractivity contribution in [2.75, 3.05) is 12.3 Å². The van der Waals surface area contributed by atoms with E-state index in [-0.39, 0.29) is 15.8 Å². The van der Waals surface area contributed by atoms with E-state index in [4.69, 9.17) is 0 Å². The Balaban J connectivity index is 1.58. The van der Waals surface area contributed by atoms with Crippen LogP contribution >= 0.6 is 15.8 Å². The van der Waals surface area contributed by atoms with Crippen LogP contribution in [0, 0.1) is 0 Å². The van der Waals surface area contributed by atoms with Gasteiger partial charge in [0.2, 0.25) is 0 Å². The summed E-state index contributed by atoms with van der Waals surface area (Å²) < 4.78 is 0. The molecule has 0 aliphatic heterocycles. The van der Waals surface area contributed by atoms with Crippen LogP contribution in [-0.2, 0) is 0 Å². The lowest BCUT2D eigenvalue weighted by Gasteiger charge is -2.27. The minimum Gasteiger partial charge on any atom is -0.0718 e. The van der Waals surface area contributed by atoms with Gasteiger partial charge in [0.05, 0.1) is 0 Å². The van der Waals surface area contributed by atoms with E-state index < -0.39 is 0 Å². The first-order chi connectivity index (χ1) is 13.4.